The number of aromatic amines is 2. The van der Waals surface area contributed by atoms with Gasteiger partial charge in [-0.25, -0.2) is 9.18 Å². The third-order valence-corrected chi connectivity index (χ3v) is 4.98. The summed E-state index contributed by atoms with van der Waals surface area (Å²) < 4.78 is 13.4. The number of aryl methyl sites for hydroxylation is 1. The van der Waals surface area contributed by atoms with Crippen molar-refractivity contribution in [2.75, 3.05) is 0 Å². The number of ketones is 1. The number of nitrogens with one attached hydrogen (secondary N) is 3. The average Bonchev–Trinajstić information content (AvgIpc) is 3.20. The molecule has 0 unspecified atom stereocenters. The van der Waals surface area contributed by atoms with E-state index in [1.807, 2.05) is 6.92 Å². The lowest BCUT2D eigenvalue weighted by Gasteiger charge is -2.14. The second kappa shape index (κ2) is 7.90. The molecule has 0 radical (unpaired) electrons. The summed E-state index contributed by atoms with van der Waals surface area (Å²) in [6.45, 7) is 4.95. The van der Waals surface area contributed by atoms with Gasteiger partial charge in [0.05, 0.1) is 0 Å². The fourth-order valence-corrected chi connectivity index (χ4v) is 3.68. The number of amides is 1. The van der Waals surface area contributed by atoms with Crippen LogP contribution in [0.25, 0.3) is 10.9 Å². The Morgan fingerprint density at radius 2 is 2.00 bits per heavy atom. The quantitative estimate of drug-likeness (QED) is 0.457. The molecule has 0 saturated heterocycles. The number of carboxylic acids is 1. The van der Waals surface area contributed by atoms with Gasteiger partial charge in [0.25, 0.3) is 5.91 Å². The molecule has 4 N–H and O–H groups in total. The molecule has 0 aliphatic rings. The summed E-state index contributed by atoms with van der Waals surface area (Å²) in [5.41, 5.74) is 3.00. The highest BCUT2D eigenvalue weighted by molar-refractivity contribution is 6.03. The van der Waals surface area contributed by atoms with E-state index in [0.29, 0.717) is 39.7 Å². The molecule has 1 atom stereocenters. The number of carboxylic acid groups (broad SMARTS) is 1. The normalized spacial score (nSPS) is 12.1. The van der Waals surface area contributed by atoms with Crippen molar-refractivity contribution in [2.45, 2.75) is 39.7 Å². The van der Waals surface area contributed by atoms with Crippen LogP contribution >= 0.6 is 0 Å². The van der Waals surface area contributed by atoms with Crippen molar-refractivity contribution in [3.63, 3.8) is 0 Å². The van der Waals surface area contributed by atoms with Crippen molar-refractivity contribution < 1.29 is 23.9 Å². The number of benzene rings is 1. The monoisotopic (exact) mass is 399 g/mol. The summed E-state index contributed by atoms with van der Waals surface area (Å²) in [4.78, 5) is 42.3. The van der Waals surface area contributed by atoms with E-state index < -0.39 is 23.7 Å². The Balaban J connectivity index is 1.88. The molecule has 0 saturated carbocycles. The van der Waals surface area contributed by atoms with Gasteiger partial charge in [0, 0.05) is 34.8 Å². The highest BCUT2D eigenvalue weighted by atomic mass is 19.1. The second-order valence-electron chi connectivity index (χ2n) is 6.96. The Kier molecular flexibility index (Phi) is 5.54. The summed E-state index contributed by atoms with van der Waals surface area (Å²) in [5.74, 6) is -2.33. The molecule has 0 aliphatic carbocycles. The first-order valence-corrected chi connectivity index (χ1v) is 9.24. The number of rotatable bonds is 7. The molecule has 7 nitrogen and oxygen atoms in total. The zero-order valence-corrected chi connectivity index (χ0v) is 16.4. The van der Waals surface area contributed by atoms with Crippen LogP contribution in [0, 0.1) is 12.7 Å². The first-order chi connectivity index (χ1) is 13.7. The molecule has 3 aromatic rings. The molecule has 8 heteroatoms. The van der Waals surface area contributed by atoms with Crippen LogP contribution in [0.5, 0.6) is 0 Å². The van der Waals surface area contributed by atoms with Crippen LogP contribution in [0.3, 0.4) is 0 Å². The van der Waals surface area contributed by atoms with E-state index in [1.54, 1.807) is 19.2 Å². The Hall–Kier alpha value is -3.42. The van der Waals surface area contributed by atoms with Crippen LogP contribution in [0.1, 0.15) is 51.5 Å². The topological polar surface area (TPSA) is 115 Å². The minimum Gasteiger partial charge on any atom is -0.480 e. The summed E-state index contributed by atoms with van der Waals surface area (Å²) in [7, 11) is 0. The van der Waals surface area contributed by atoms with Gasteiger partial charge in [0.15, 0.2) is 5.78 Å². The van der Waals surface area contributed by atoms with Gasteiger partial charge in [0.1, 0.15) is 17.6 Å². The highest BCUT2D eigenvalue weighted by Crippen LogP contribution is 2.22. The third-order valence-electron chi connectivity index (χ3n) is 4.98. The molecule has 2 aromatic heterocycles. The van der Waals surface area contributed by atoms with Crippen molar-refractivity contribution in [3.05, 3.63) is 58.3 Å². The summed E-state index contributed by atoms with van der Waals surface area (Å²) in [5, 5.41) is 12.8. The van der Waals surface area contributed by atoms with Crippen molar-refractivity contribution >= 4 is 28.6 Å². The van der Waals surface area contributed by atoms with Gasteiger partial charge in [-0.05, 0) is 49.6 Å². The molecule has 29 heavy (non-hydrogen) atoms. The van der Waals surface area contributed by atoms with Crippen LogP contribution in [-0.4, -0.2) is 38.8 Å². The number of Topliss-reactive ketones (excluding diaryl/α,β-unsaturated/α-hetero) is 1. The van der Waals surface area contributed by atoms with Crippen molar-refractivity contribution in [2.24, 2.45) is 0 Å². The molecule has 1 aromatic carbocycles. The van der Waals surface area contributed by atoms with Gasteiger partial charge in [-0.2, -0.15) is 0 Å². The molecule has 1 amide bonds. The van der Waals surface area contributed by atoms with E-state index in [0.717, 1.165) is 0 Å². The number of hydrogen-bond acceptors (Lipinski definition) is 3. The molecule has 0 spiro atoms. The van der Waals surface area contributed by atoms with Crippen LogP contribution in [0.15, 0.2) is 24.4 Å². The fraction of sp³-hybridized carbons (Fsp3) is 0.286. The highest BCUT2D eigenvalue weighted by Gasteiger charge is 2.26. The van der Waals surface area contributed by atoms with Gasteiger partial charge in [-0.1, -0.05) is 6.92 Å². The maximum Gasteiger partial charge on any atom is 0.326 e. The second-order valence-corrected chi connectivity index (χ2v) is 6.96. The smallest absolute Gasteiger partial charge is 0.326 e. The summed E-state index contributed by atoms with van der Waals surface area (Å²) in [6.07, 6.45) is 2.08. The van der Waals surface area contributed by atoms with Crippen LogP contribution in [-0.2, 0) is 17.6 Å². The summed E-state index contributed by atoms with van der Waals surface area (Å²) in [6, 6.07) is 3.00. The standard InChI is InChI=1S/C21H22FN3O4/c1-4-14-18(11(3)26)10(2)24-19(14)20(27)25-17(21(28)29)7-12-9-23-16-8-13(22)5-6-15(12)16/h5-6,8-9,17,23-24H,4,7H2,1-3H3,(H,25,27)(H,28,29)/t17-/m1/s1. The van der Waals surface area contributed by atoms with Gasteiger partial charge in [-0.3, -0.25) is 9.59 Å². The number of aliphatic carboxylic acids is 1. The molecule has 0 bridgehead atoms. The summed E-state index contributed by atoms with van der Waals surface area (Å²) >= 11 is 0. The number of fused-ring (bicyclic) bond motifs is 1. The lowest BCUT2D eigenvalue weighted by atomic mass is 10.0. The number of H-pyrrole nitrogens is 2. The maximum absolute atomic E-state index is 13.4. The Labute approximate surface area is 166 Å². The van der Waals surface area contributed by atoms with E-state index in [9.17, 15) is 23.9 Å². The zero-order valence-electron chi connectivity index (χ0n) is 16.4. The maximum atomic E-state index is 13.4. The molecular weight excluding hydrogens is 377 g/mol. The van der Waals surface area contributed by atoms with Gasteiger partial charge < -0.3 is 20.4 Å². The molecule has 152 valence electrons. The van der Waals surface area contributed by atoms with Gasteiger partial charge in [-0.15, -0.1) is 0 Å². The molecule has 0 aliphatic heterocycles. The number of halogens is 1. The Bertz CT molecular complexity index is 1110. The fourth-order valence-electron chi connectivity index (χ4n) is 3.68. The minimum atomic E-state index is -1.19. The first kappa shape index (κ1) is 20.3. The number of aromatic nitrogens is 2. The van der Waals surface area contributed by atoms with E-state index >= 15 is 0 Å². The first-order valence-electron chi connectivity index (χ1n) is 9.24. The lowest BCUT2D eigenvalue weighted by molar-refractivity contribution is -0.139. The number of carbonyl (C=O) groups is 3. The Morgan fingerprint density at radius 3 is 2.62 bits per heavy atom. The van der Waals surface area contributed by atoms with Crippen LogP contribution in [0.2, 0.25) is 0 Å². The average molecular weight is 399 g/mol. The number of carbonyl (C=O) groups excluding carboxylic acids is 2. The molecule has 0 fully saturated rings. The van der Waals surface area contributed by atoms with Gasteiger partial charge in [0.2, 0.25) is 0 Å². The Morgan fingerprint density at radius 1 is 1.28 bits per heavy atom. The largest absolute Gasteiger partial charge is 0.480 e. The molecule has 3 rings (SSSR count). The van der Waals surface area contributed by atoms with Crippen LogP contribution < -0.4 is 5.32 Å². The van der Waals surface area contributed by atoms with Crippen LogP contribution in [0.4, 0.5) is 4.39 Å². The molecular formula is C21H22FN3O4. The molecule has 2 heterocycles. The van der Waals surface area contributed by atoms with E-state index in [-0.39, 0.29) is 17.9 Å². The number of hydrogen-bond donors (Lipinski definition) is 4. The minimum absolute atomic E-state index is 0.0213. The van der Waals surface area contributed by atoms with Gasteiger partial charge >= 0.3 is 5.97 Å². The van der Waals surface area contributed by atoms with Crippen molar-refractivity contribution in [1.82, 2.24) is 15.3 Å². The lowest BCUT2D eigenvalue weighted by Crippen LogP contribution is -2.42. The predicted molar refractivity (Wildman–Crippen MR) is 106 cm³/mol. The predicted octanol–water partition coefficient (Wildman–Crippen LogP) is 3.13. The zero-order chi connectivity index (χ0) is 21.3. The SMILES string of the molecule is CCc1c(C(=O)N[C@H](Cc2c[nH]c3cc(F)ccc23)C(=O)O)[nH]c(C)c1C(C)=O. The van der Waals surface area contributed by atoms with E-state index in [2.05, 4.69) is 15.3 Å². The van der Waals surface area contributed by atoms with E-state index in [4.69, 9.17) is 0 Å². The van der Waals surface area contributed by atoms with Crippen molar-refractivity contribution in [3.8, 4) is 0 Å². The third kappa shape index (κ3) is 3.91. The van der Waals surface area contributed by atoms with E-state index in [1.165, 1.54) is 19.1 Å². The van der Waals surface area contributed by atoms with Crippen molar-refractivity contribution in [1.29, 1.82) is 0 Å².